The zero-order valence-electron chi connectivity index (χ0n) is 24.6. The second-order valence-electron chi connectivity index (χ2n) is 10.9. The number of ether oxygens (including phenoxy) is 2. The highest BCUT2D eigenvalue weighted by atomic mass is 16.5. The van der Waals surface area contributed by atoms with E-state index in [2.05, 4.69) is 26.7 Å². The van der Waals surface area contributed by atoms with Crippen molar-refractivity contribution in [3.05, 3.63) is 89.4 Å². The number of nitrogens with one attached hydrogen (secondary N) is 3. The molecule has 10 nitrogen and oxygen atoms in total. The third kappa shape index (κ3) is 7.71. The number of benzene rings is 2. The van der Waals surface area contributed by atoms with Crippen LogP contribution in [-0.4, -0.2) is 77.3 Å². The molecule has 4 N–H and O–H groups in total. The first-order valence-electron chi connectivity index (χ1n) is 14.7. The molecule has 2 amide bonds. The van der Waals surface area contributed by atoms with Gasteiger partial charge in [-0.15, -0.1) is 0 Å². The van der Waals surface area contributed by atoms with E-state index in [1.165, 1.54) is 6.92 Å². The van der Waals surface area contributed by atoms with Crippen LogP contribution in [0.2, 0.25) is 0 Å². The van der Waals surface area contributed by atoms with Crippen LogP contribution in [0.5, 0.6) is 11.5 Å². The van der Waals surface area contributed by atoms with Crippen LogP contribution in [0, 0.1) is 0 Å². The normalized spacial score (nSPS) is 18.3. The Bertz CT molecular complexity index is 1540. The number of aromatic nitrogens is 2. The molecule has 4 aromatic rings. The van der Waals surface area contributed by atoms with Crippen molar-refractivity contribution >= 4 is 22.7 Å². The number of H-pyrrole nitrogens is 1. The predicted octanol–water partition coefficient (Wildman–Crippen LogP) is 2.97. The zero-order valence-corrected chi connectivity index (χ0v) is 24.6. The van der Waals surface area contributed by atoms with Crippen molar-refractivity contribution in [2.45, 2.75) is 44.9 Å². The minimum Gasteiger partial charge on any atom is -0.493 e. The molecule has 226 valence electrons. The molecule has 2 aromatic heterocycles. The Morgan fingerprint density at radius 3 is 2.77 bits per heavy atom. The van der Waals surface area contributed by atoms with Gasteiger partial charge in [0.1, 0.15) is 6.04 Å². The SMILES string of the molecule is COc1ccc2cc1OCCCN(Cc1ccccn1)CC(=O)N[C@@H]([C@@H](C)O)C(=O)NCCc1c([nH]c3ccccc13)C2. The molecule has 0 saturated heterocycles. The van der Waals surface area contributed by atoms with Gasteiger partial charge in [-0.05, 0) is 61.2 Å². The molecule has 5 rings (SSSR count). The van der Waals surface area contributed by atoms with E-state index in [0.29, 0.717) is 57.0 Å². The van der Waals surface area contributed by atoms with Crippen molar-refractivity contribution in [1.29, 1.82) is 0 Å². The average Bonchev–Trinajstić information content (AvgIpc) is 3.34. The molecule has 1 aliphatic rings. The first kappa shape index (κ1) is 30.1. The molecule has 0 spiro atoms. The Morgan fingerprint density at radius 2 is 1.98 bits per heavy atom. The van der Waals surface area contributed by atoms with Crippen LogP contribution >= 0.6 is 0 Å². The number of carbonyl (C=O) groups excluding carboxylic acids is 2. The number of carbonyl (C=O) groups is 2. The third-order valence-electron chi connectivity index (χ3n) is 7.62. The summed E-state index contributed by atoms with van der Waals surface area (Å²) in [6, 6.07) is 18.6. The van der Waals surface area contributed by atoms with Gasteiger partial charge in [-0.25, -0.2) is 0 Å². The number of rotatable bonds is 4. The molecule has 2 aromatic carbocycles. The molecule has 0 aliphatic carbocycles. The van der Waals surface area contributed by atoms with Gasteiger partial charge in [0.2, 0.25) is 11.8 Å². The van der Waals surface area contributed by atoms with E-state index >= 15 is 0 Å². The number of amides is 2. The Hall–Kier alpha value is -4.41. The smallest absolute Gasteiger partial charge is 0.245 e. The van der Waals surface area contributed by atoms with Gasteiger partial charge in [0.25, 0.3) is 0 Å². The van der Waals surface area contributed by atoms with Crippen molar-refractivity contribution in [2.75, 3.05) is 33.4 Å². The Labute approximate surface area is 251 Å². The number of pyridine rings is 1. The van der Waals surface area contributed by atoms with Crippen molar-refractivity contribution in [3.8, 4) is 11.5 Å². The summed E-state index contributed by atoms with van der Waals surface area (Å²) in [5, 5.41) is 17.2. The monoisotopic (exact) mass is 585 g/mol. The second-order valence-corrected chi connectivity index (χ2v) is 10.9. The molecule has 0 saturated carbocycles. The summed E-state index contributed by atoms with van der Waals surface area (Å²) in [5.74, 6) is 0.538. The topological polar surface area (TPSA) is 129 Å². The lowest BCUT2D eigenvalue weighted by Crippen LogP contribution is -2.54. The number of hydrogen-bond donors (Lipinski definition) is 4. The largest absolute Gasteiger partial charge is 0.493 e. The third-order valence-corrected chi connectivity index (χ3v) is 7.62. The summed E-state index contributed by atoms with van der Waals surface area (Å²) in [6.07, 6.45) is 2.50. The first-order chi connectivity index (χ1) is 20.9. The van der Waals surface area contributed by atoms with Crippen LogP contribution in [-0.2, 0) is 29.0 Å². The van der Waals surface area contributed by atoms with E-state index in [9.17, 15) is 14.7 Å². The van der Waals surface area contributed by atoms with Gasteiger partial charge < -0.3 is 30.2 Å². The molecule has 0 radical (unpaired) electrons. The number of methoxy groups -OCH3 is 1. The zero-order chi connectivity index (χ0) is 30.2. The molecular weight excluding hydrogens is 546 g/mol. The Morgan fingerprint density at radius 1 is 1.14 bits per heavy atom. The van der Waals surface area contributed by atoms with Crippen molar-refractivity contribution < 1.29 is 24.2 Å². The Balaban J connectivity index is 1.43. The summed E-state index contributed by atoms with van der Waals surface area (Å²) in [5.41, 5.74) is 5.07. The van der Waals surface area contributed by atoms with E-state index < -0.39 is 18.1 Å². The standard InChI is InChI=1S/C33H39N5O5/c1-22(39)32-33(41)35-15-13-26-25-9-3-4-10-27(25)36-28(26)18-23-11-12-29(42-2)30(19-23)43-17-7-16-38(21-31(40)37-32)20-24-8-5-6-14-34-24/h3-6,8-12,14,19,22,32,36,39H,7,13,15-18,20-21H2,1-2H3,(H,35,41)(H,37,40)/t22-,32+/m1/s1. The first-order valence-corrected chi connectivity index (χ1v) is 14.7. The lowest BCUT2D eigenvalue weighted by Gasteiger charge is -2.25. The van der Waals surface area contributed by atoms with Crippen LogP contribution in [0.15, 0.2) is 66.9 Å². The molecule has 2 atom stereocenters. The van der Waals surface area contributed by atoms with Crippen molar-refractivity contribution in [1.82, 2.24) is 25.5 Å². The van der Waals surface area contributed by atoms with Gasteiger partial charge in [0.15, 0.2) is 11.5 Å². The van der Waals surface area contributed by atoms with Crippen LogP contribution in [0.4, 0.5) is 0 Å². The van der Waals surface area contributed by atoms with E-state index in [0.717, 1.165) is 33.4 Å². The molecule has 2 bridgehead atoms. The van der Waals surface area contributed by atoms with E-state index in [-0.39, 0.29) is 12.5 Å². The average molecular weight is 586 g/mol. The number of aliphatic hydroxyl groups is 1. The van der Waals surface area contributed by atoms with Gasteiger partial charge >= 0.3 is 0 Å². The molecule has 1 aliphatic heterocycles. The number of para-hydroxylation sites is 1. The fourth-order valence-corrected chi connectivity index (χ4v) is 5.49. The van der Waals surface area contributed by atoms with Gasteiger partial charge in [-0.3, -0.25) is 19.5 Å². The molecule has 0 unspecified atom stereocenters. The van der Waals surface area contributed by atoms with Crippen LogP contribution in [0.25, 0.3) is 10.9 Å². The molecule has 10 heteroatoms. The van der Waals surface area contributed by atoms with Crippen molar-refractivity contribution in [2.24, 2.45) is 0 Å². The van der Waals surface area contributed by atoms with Gasteiger partial charge in [-0.2, -0.15) is 0 Å². The van der Waals surface area contributed by atoms with E-state index in [1.807, 2.05) is 59.5 Å². The van der Waals surface area contributed by atoms with Gasteiger partial charge in [0, 0.05) is 48.8 Å². The highest BCUT2D eigenvalue weighted by Gasteiger charge is 2.26. The van der Waals surface area contributed by atoms with E-state index in [1.54, 1.807) is 13.3 Å². The number of aromatic amines is 1. The van der Waals surface area contributed by atoms with Crippen LogP contribution in [0.3, 0.4) is 0 Å². The molecule has 43 heavy (non-hydrogen) atoms. The number of fused-ring (bicyclic) bond motifs is 5. The minimum absolute atomic E-state index is 0.0323. The lowest BCUT2D eigenvalue weighted by atomic mass is 10.0. The number of hydrogen-bond acceptors (Lipinski definition) is 7. The summed E-state index contributed by atoms with van der Waals surface area (Å²) >= 11 is 0. The van der Waals surface area contributed by atoms with Gasteiger partial charge in [0.05, 0.1) is 32.1 Å². The summed E-state index contributed by atoms with van der Waals surface area (Å²) in [4.78, 5) is 36.2. The predicted molar refractivity (Wildman–Crippen MR) is 164 cm³/mol. The maximum atomic E-state index is 13.2. The molecule has 3 heterocycles. The summed E-state index contributed by atoms with van der Waals surface area (Å²) in [7, 11) is 1.63. The highest BCUT2D eigenvalue weighted by molar-refractivity contribution is 5.89. The number of nitrogens with zero attached hydrogens (tertiary/aromatic N) is 2. The maximum absolute atomic E-state index is 13.2. The summed E-state index contributed by atoms with van der Waals surface area (Å²) in [6.45, 7) is 3.29. The molecular formula is C33H39N5O5. The quantitative estimate of drug-likeness (QED) is 0.290. The fraction of sp³-hybridized carbons (Fsp3) is 0.364. The lowest BCUT2D eigenvalue weighted by molar-refractivity contribution is -0.132. The number of aliphatic hydroxyl groups excluding tert-OH is 1. The van der Waals surface area contributed by atoms with Crippen molar-refractivity contribution in [3.63, 3.8) is 0 Å². The highest BCUT2D eigenvalue weighted by Crippen LogP contribution is 2.31. The maximum Gasteiger partial charge on any atom is 0.245 e. The van der Waals surface area contributed by atoms with Crippen LogP contribution in [0.1, 0.15) is 35.9 Å². The minimum atomic E-state index is -1.08. The second kappa shape index (κ2) is 14.2. The Kier molecular flexibility index (Phi) is 9.91. The molecule has 0 fully saturated rings. The summed E-state index contributed by atoms with van der Waals surface area (Å²) < 4.78 is 11.8. The van der Waals surface area contributed by atoms with E-state index in [4.69, 9.17) is 9.47 Å². The van der Waals surface area contributed by atoms with Crippen LogP contribution < -0.4 is 20.1 Å². The van der Waals surface area contributed by atoms with Gasteiger partial charge in [-0.1, -0.05) is 30.3 Å². The fourth-order valence-electron chi connectivity index (χ4n) is 5.49.